The van der Waals surface area contributed by atoms with Gasteiger partial charge >= 0.3 is 0 Å². The smallest absolute Gasteiger partial charge is 0.224 e. The van der Waals surface area contributed by atoms with E-state index in [1.807, 2.05) is 12.1 Å². The summed E-state index contributed by atoms with van der Waals surface area (Å²) in [5.74, 6) is 1.16. The quantitative estimate of drug-likeness (QED) is 0.716. The highest BCUT2D eigenvalue weighted by Gasteiger charge is 2.22. The number of carbonyl (C=O) groups is 1. The lowest BCUT2D eigenvalue weighted by atomic mass is 9.85. The fourth-order valence-electron chi connectivity index (χ4n) is 4.06. The maximum atomic E-state index is 12.4. The lowest BCUT2D eigenvalue weighted by molar-refractivity contribution is -0.117. The highest BCUT2D eigenvalue weighted by atomic mass is 35.5. The number of nitrogens with zero attached hydrogens (tertiary/aromatic N) is 1. The van der Waals surface area contributed by atoms with Gasteiger partial charge in [-0.1, -0.05) is 19.1 Å². The number of hydrogen-bond donors (Lipinski definition) is 2. The van der Waals surface area contributed by atoms with Crippen LogP contribution in [0.3, 0.4) is 0 Å². The average Bonchev–Trinajstić information content (AvgIpc) is 2.69. The van der Waals surface area contributed by atoms with Gasteiger partial charge in [0.15, 0.2) is 0 Å². The largest absolute Gasteiger partial charge is 0.379 e. The number of piperidine rings is 1. The van der Waals surface area contributed by atoms with Crippen LogP contribution in [0, 0.1) is 11.8 Å². The van der Waals surface area contributed by atoms with Gasteiger partial charge in [0.1, 0.15) is 0 Å². The molecule has 0 aliphatic carbocycles. The van der Waals surface area contributed by atoms with Crippen LogP contribution in [0.15, 0.2) is 24.3 Å². The van der Waals surface area contributed by atoms with Crippen LogP contribution in [0.4, 0.5) is 5.69 Å². The number of halogens is 2. The molecule has 28 heavy (non-hydrogen) atoms. The highest BCUT2D eigenvalue weighted by molar-refractivity contribution is 5.90. The molecule has 0 bridgehead atoms. The predicted octanol–water partition coefficient (Wildman–Crippen LogP) is 3.89. The lowest BCUT2D eigenvalue weighted by Crippen LogP contribution is -2.38. The number of carbonyl (C=O) groups excluding carboxylic acids is 1. The molecule has 1 aromatic rings. The van der Waals surface area contributed by atoms with Crippen LogP contribution in [0.5, 0.6) is 0 Å². The molecule has 2 fully saturated rings. The van der Waals surface area contributed by atoms with E-state index in [1.165, 1.54) is 18.4 Å². The summed E-state index contributed by atoms with van der Waals surface area (Å²) in [6.45, 7) is 10.2. The van der Waals surface area contributed by atoms with E-state index in [4.69, 9.17) is 4.74 Å². The summed E-state index contributed by atoms with van der Waals surface area (Å²) in [5.41, 5.74) is 2.17. The number of ether oxygens (including phenoxy) is 1. The molecule has 3 rings (SSSR count). The summed E-state index contributed by atoms with van der Waals surface area (Å²) in [6, 6.07) is 8.69. The number of nitrogens with one attached hydrogen (secondary N) is 2. The molecule has 0 aromatic heterocycles. The fraction of sp³-hybridized carbons (Fsp3) is 0.667. The molecule has 0 radical (unpaired) electrons. The SMILES string of the molecule is CC(CC(=O)Nc1ccc(C(C)N2CCOCC2)cc1)C1CCCNC1.Cl.Cl. The summed E-state index contributed by atoms with van der Waals surface area (Å²) >= 11 is 0. The van der Waals surface area contributed by atoms with E-state index >= 15 is 0 Å². The van der Waals surface area contributed by atoms with Crippen molar-refractivity contribution in [1.82, 2.24) is 10.2 Å². The summed E-state index contributed by atoms with van der Waals surface area (Å²) in [5, 5.41) is 6.50. The Balaban J connectivity index is 0.00000196. The van der Waals surface area contributed by atoms with Crippen molar-refractivity contribution < 1.29 is 9.53 Å². The van der Waals surface area contributed by atoms with E-state index in [1.54, 1.807) is 0 Å². The van der Waals surface area contributed by atoms with Gasteiger partial charge in [-0.2, -0.15) is 0 Å². The first kappa shape index (κ1) is 25.2. The topological polar surface area (TPSA) is 53.6 Å². The first-order chi connectivity index (χ1) is 12.6. The van der Waals surface area contributed by atoms with Crippen molar-refractivity contribution in [3.05, 3.63) is 29.8 Å². The standard InChI is InChI=1S/C21H33N3O2.2ClH/c1-16(19-4-3-9-22-15-19)14-21(25)23-20-7-5-18(6-8-20)17(2)24-10-12-26-13-11-24;;/h5-8,16-17,19,22H,3-4,9-15H2,1-2H3,(H,23,25);2*1H. The van der Waals surface area contributed by atoms with Gasteiger partial charge in [-0.15, -0.1) is 24.8 Å². The summed E-state index contributed by atoms with van der Waals surface area (Å²) < 4.78 is 5.43. The Morgan fingerprint density at radius 3 is 2.50 bits per heavy atom. The van der Waals surface area contributed by atoms with Crippen LogP contribution < -0.4 is 10.6 Å². The Bertz CT molecular complexity index is 574. The Morgan fingerprint density at radius 2 is 1.89 bits per heavy atom. The number of anilines is 1. The van der Waals surface area contributed by atoms with Crippen molar-refractivity contribution in [2.75, 3.05) is 44.7 Å². The van der Waals surface area contributed by atoms with Gasteiger partial charge in [0.05, 0.1) is 13.2 Å². The highest BCUT2D eigenvalue weighted by Crippen LogP contribution is 2.25. The Kier molecular flexibility index (Phi) is 11.4. The van der Waals surface area contributed by atoms with Crippen LogP contribution in [0.25, 0.3) is 0 Å². The Hall–Kier alpha value is -0.850. The van der Waals surface area contributed by atoms with Crippen LogP contribution in [0.1, 0.15) is 44.7 Å². The third-order valence-corrected chi connectivity index (χ3v) is 5.92. The molecule has 3 unspecified atom stereocenters. The van der Waals surface area contributed by atoms with Crippen molar-refractivity contribution in [2.45, 2.75) is 39.2 Å². The van der Waals surface area contributed by atoms with Crippen LogP contribution >= 0.6 is 24.8 Å². The van der Waals surface area contributed by atoms with E-state index in [0.29, 0.717) is 24.3 Å². The molecule has 2 aliphatic heterocycles. The second-order valence-electron chi connectivity index (χ2n) is 7.78. The molecule has 3 atom stereocenters. The third-order valence-electron chi connectivity index (χ3n) is 5.92. The molecular weight excluding hydrogens is 397 g/mol. The molecule has 2 aliphatic rings. The Labute approximate surface area is 181 Å². The van der Waals surface area contributed by atoms with Crippen LogP contribution in [-0.4, -0.2) is 50.2 Å². The van der Waals surface area contributed by atoms with Crippen molar-refractivity contribution in [1.29, 1.82) is 0 Å². The summed E-state index contributed by atoms with van der Waals surface area (Å²) in [6.07, 6.45) is 3.05. The van der Waals surface area contributed by atoms with Gasteiger partial charge in [-0.25, -0.2) is 0 Å². The van der Waals surface area contributed by atoms with E-state index < -0.39 is 0 Å². The van der Waals surface area contributed by atoms with Gasteiger partial charge in [-0.3, -0.25) is 9.69 Å². The maximum Gasteiger partial charge on any atom is 0.224 e. The predicted molar refractivity (Wildman–Crippen MR) is 120 cm³/mol. The number of amides is 1. The minimum absolute atomic E-state index is 0. The zero-order chi connectivity index (χ0) is 18.4. The fourth-order valence-corrected chi connectivity index (χ4v) is 4.06. The molecule has 1 aromatic carbocycles. The second kappa shape index (κ2) is 12.7. The Morgan fingerprint density at radius 1 is 1.21 bits per heavy atom. The van der Waals surface area contributed by atoms with Gasteiger partial charge < -0.3 is 15.4 Å². The molecule has 2 heterocycles. The van der Waals surface area contributed by atoms with E-state index in [0.717, 1.165) is 45.1 Å². The average molecular weight is 432 g/mol. The molecule has 5 nitrogen and oxygen atoms in total. The molecule has 1 amide bonds. The van der Waals surface area contributed by atoms with Gasteiger partial charge in [0, 0.05) is 31.2 Å². The third kappa shape index (κ3) is 7.20. The zero-order valence-electron chi connectivity index (χ0n) is 17.0. The number of benzene rings is 1. The first-order valence-electron chi connectivity index (χ1n) is 10.1. The number of hydrogen-bond acceptors (Lipinski definition) is 4. The van der Waals surface area contributed by atoms with Gasteiger partial charge in [-0.05, 0) is 62.4 Å². The first-order valence-corrected chi connectivity index (χ1v) is 10.1. The maximum absolute atomic E-state index is 12.4. The molecular formula is C21H35Cl2N3O2. The summed E-state index contributed by atoms with van der Waals surface area (Å²) in [7, 11) is 0. The minimum atomic E-state index is 0. The van der Waals surface area contributed by atoms with Gasteiger partial charge in [0.25, 0.3) is 0 Å². The molecule has 2 saturated heterocycles. The van der Waals surface area contributed by atoms with E-state index in [9.17, 15) is 4.79 Å². The lowest BCUT2D eigenvalue weighted by Gasteiger charge is -2.32. The molecule has 0 spiro atoms. The van der Waals surface area contributed by atoms with Crippen molar-refractivity contribution >= 4 is 36.4 Å². The molecule has 160 valence electrons. The van der Waals surface area contributed by atoms with Crippen molar-refractivity contribution in [3.8, 4) is 0 Å². The zero-order valence-corrected chi connectivity index (χ0v) is 18.6. The second-order valence-corrected chi connectivity index (χ2v) is 7.78. The van der Waals surface area contributed by atoms with Gasteiger partial charge in [0.2, 0.25) is 5.91 Å². The van der Waals surface area contributed by atoms with E-state index in [-0.39, 0.29) is 30.7 Å². The number of morpholine rings is 1. The monoisotopic (exact) mass is 431 g/mol. The molecule has 7 heteroatoms. The minimum Gasteiger partial charge on any atom is -0.379 e. The van der Waals surface area contributed by atoms with Crippen LogP contribution in [-0.2, 0) is 9.53 Å². The normalized spacial score (nSPS) is 22.3. The van der Waals surface area contributed by atoms with E-state index in [2.05, 4.69) is 41.5 Å². The summed E-state index contributed by atoms with van der Waals surface area (Å²) in [4.78, 5) is 14.8. The van der Waals surface area contributed by atoms with Crippen molar-refractivity contribution in [3.63, 3.8) is 0 Å². The van der Waals surface area contributed by atoms with Crippen LogP contribution in [0.2, 0.25) is 0 Å². The molecule has 0 saturated carbocycles. The van der Waals surface area contributed by atoms with Crippen molar-refractivity contribution in [2.24, 2.45) is 11.8 Å². The molecule has 2 N–H and O–H groups in total. The number of rotatable bonds is 6.